The number of aromatic nitrogens is 2. The summed E-state index contributed by atoms with van der Waals surface area (Å²) in [5.74, 6) is -0.776. The molecular weight excluding hydrogens is 360 g/mol. The molecule has 6 heteroatoms. The second kappa shape index (κ2) is 8.31. The van der Waals surface area contributed by atoms with Gasteiger partial charge in [-0.05, 0) is 26.3 Å². The quantitative estimate of drug-likeness (QED) is 0.440. The number of thiazole rings is 1. The van der Waals surface area contributed by atoms with Gasteiger partial charge in [0.1, 0.15) is 5.01 Å². The molecule has 0 amide bonds. The van der Waals surface area contributed by atoms with Crippen molar-refractivity contribution >= 4 is 23.1 Å². The fourth-order valence-electron chi connectivity index (χ4n) is 3.01. The van der Waals surface area contributed by atoms with Gasteiger partial charge in [-0.3, -0.25) is 4.79 Å². The highest BCUT2D eigenvalue weighted by Crippen LogP contribution is 2.23. The summed E-state index contributed by atoms with van der Waals surface area (Å²) in [5.41, 5.74) is 3.73. The molecule has 3 rings (SSSR count). The minimum atomic E-state index is -0.579. The molecule has 0 atom stereocenters. The number of carbonyl (C=O) groups is 2. The zero-order valence-electron chi connectivity index (χ0n) is 15.7. The largest absolute Gasteiger partial charge is 0.453 e. The van der Waals surface area contributed by atoms with Crippen molar-refractivity contribution in [1.82, 2.24) is 9.55 Å². The predicted octanol–water partition coefficient (Wildman–Crippen LogP) is 4.68. The molecule has 0 unspecified atom stereocenters. The molecule has 27 heavy (non-hydrogen) atoms. The molecule has 0 saturated carbocycles. The van der Waals surface area contributed by atoms with Crippen LogP contribution in [-0.4, -0.2) is 27.9 Å². The van der Waals surface area contributed by atoms with E-state index in [1.54, 1.807) is 5.38 Å². The van der Waals surface area contributed by atoms with Crippen LogP contribution < -0.4 is 0 Å². The van der Waals surface area contributed by atoms with Crippen LogP contribution in [0.1, 0.15) is 45.6 Å². The summed E-state index contributed by atoms with van der Waals surface area (Å²) in [7, 11) is 0. The number of ether oxygens (including phenoxy) is 1. The molecule has 0 aliphatic heterocycles. The standard InChI is InChI=1S/C21H22N2O3S/c1-4-10-23-14(2)11-17(15(23)3)19(24)12-26-21(25)18-13-27-20(22-18)16-8-6-5-7-9-16/h5-9,11,13H,4,10,12H2,1-3H3. The maximum absolute atomic E-state index is 12.5. The maximum Gasteiger partial charge on any atom is 0.358 e. The van der Waals surface area contributed by atoms with E-state index >= 15 is 0 Å². The van der Waals surface area contributed by atoms with E-state index in [1.165, 1.54) is 11.3 Å². The second-order valence-electron chi connectivity index (χ2n) is 6.34. The van der Waals surface area contributed by atoms with Crippen molar-refractivity contribution in [3.8, 4) is 10.6 Å². The van der Waals surface area contributed by atoms with E-state index in [4.69, 9.17) is 4.74 Å². The summed E-state index contributed by atoms with van der Waals surface area (Å²) in [4.78, 5) is 29.1. The van der Waals surface area contributed by atoms with E-state index in [2.05, 4.69) is 16.5 Å². The van der Waals surface area contributed by atoms with E-state index in [0.717, 1.165) is 34.9 Å². The van der Waals surface area contributed by atoms with Gasteiger partial charge >= 0.3 is 5.97 Å². The van der Waals surface area contributed by atoms with Crippen LogP contribution in [0.2, 0.25) is 0 Å². The number of nitrogens with zero attached hydrogens (tertiary/aromatic N) is 2. The molecule has 5 nitrogen and oxygen atoms in total. The Morgan fingerprint density at radius 2 is 1.93 bits per heavy atom. The third-order valence-electron chi connectivity index (χ3n) is 4.39. The number of Topliss-reactive ketones (excluding diaryl/α,β-unsaturated/α-hetero) is 1. The lowest BCUT2D eigenvalue weighted by molar-refractivity contribution is 0.0469. The topological polar surface area (TPSA) is 61.2 Å². The molecule has 3 aromatic rings. The van der Waals surface area contributed by atoms with E-state index in [1.807, 2.05) is 50.2 Å². The first-order chi connectivity index (χ1) is 13.0. The Balaban J connectivity index is 1.65. The van der Waals surface area contributed by atoms with Crippen LogP contribution in [0.5, 0.6) is 0 Å². The van der Waals surface area contributed by atoms with Gasteiger partial charge in [0.2, 0.25) is 5.78 Å². The van der Waals surface area contributed by atoms with Crippen molar-refractivity contribution in [2.75, 3.05) is 6.61 Å². The van der Waals surface area contributed by atoms with Crippen molar-refractivity contribution in [2.45, 2.75) is 33.7 Å². The molecule has 2 aromatic heterocycles. The minimum Gasteiger partial charge on any atom is -0.453 e. The number of hydrogen-bond acceptors (Lipinski definition) is 5. The molecular formula is C21H22N2O3S. The van der Waals surface area contributed by atoms with E-state index in [9.17, 15) is 9.59 Å². The van der Waals surface area contributed by atoms with Gasteiger partial charge in [0, 0.05) is 34.4 Å². The highest BCUT2D eigenvalue weighted by Gasteiger charge is 2.19. The molecule has 0 saturated heterocycles. The average molecular weight is 382 g/mol. The Hall–Kier alpha value is -2.73. The van der Waals surface area contributed by atoms with Crippen molar-refractivity contribution in [1.29, 1.82) is 0 Å². The Labute approximate surface area is 162 Å². The van der Waals surface area contributed by atoms with Crippen molar-refractivity contribution < 1.29 is 14.3 Å². The third-order valence-corrected chi connectivity index (χ3v) is 5.28. The summed E-state index contributed by atoms with van der Waals surface area (Å²) in [6.07, 6.45) is 0.993. The van der Waals surface area contributed by atoms with Crippen LogP contribution in [0.4, 0.5) is 0 Å². The maximum atomic E-state index is 12.5. The van der Waals surface area contributed by atoms with Gasteiger partial charge in [0.05, 0.1) is 0 Å². The summed E-state index contributed by atoms with van der Waals surface area (Å²) in [5, 5.41) is 2.40. The first-order valence-corrected chi connectivity index (χ1v) is 9.77. The van der Waals surface area contributed by atoms with E-state index in [-0.39, 0.29) is 18.1 Å². The normalized spacial score (nSPS) is 10.8. The molecule has 0 spiro atoms. The number of carbonyl (C=O) groups excluding carboxylic acids is 2. The summed E-state index contributed by atoms with van der Waals surface area (Å²) >= 11 is 1.37. The number of esters is 1. The highest BCUT2D eigenvalue weighted by molar-refractivity contribution is 7.13. The summed E-state index contributed by atoms with van der Waals surface area (Å²) in [6, 6.07) is 11.5. The van der Waals surface area contributed by atoms with E-state index < -0.39 is 5.97 Å². The summed E-state index contributed by atoms with van der Waals surface area (Å²) in [6.45, 7) is 6.58. The Kier molecular flexibility index (Phi) is 5.86. The minimum absolute atomic E-state index is 0.197. The molecule has 0 bridgehead atoms. The molecule has 0 fully saturated rings. The van der Waals surface area contributed by atoms with Gasteiger partial charge in [0.25, 0.3) is 0 Å². The Morgan fingerprint density at radius 1 is 1.19 bits per heavy atom. The molecule has 2 heterocycles. The lowest BCUT2D eigenvalue weighted by Crippen LogP contribution is -2.15. The lowest BCUT2D eigenvalue weighted by Gasteiger charge is -2.07. The second-order valence-corrected chi connectivity index (χ2v) is 7.20. The zero-order chi connectivity index (χ0) is 19.4. The average Bonchev–Trinajstić information content (AvgIpc) is 3.28. The van der Waals surface area contributed by atoms with Gasteiger partial charge in [-0.1, -0.05) is 37.3 Å². The smallest absolute Gasteiger partial charge is 0.358 e. The third kappa shape index (κ3) is 4.17. The van der Waals surface area contributed by atoms with Crippen LogP contribution in [0.15, 0.2) is 41.8 Å². The number of hydrogen-bond donors (Lipinski definition) is 0. The molecule has 0 aliphatic carbocycles. The van der Waals surface area contributed by atoms with Crippen molar-refractivity contribution in [3.05, 3.63) is 64.4 Å². The van der Waals surface area contributed by atoms with Gasteiger partial charge in [-0.25, -0.2) is 9.78 Å². The fourth-order valence-corrected chi connectivity index (χ4v) is 3.81. The number of ketones is 1. The van der Waals surface area contributed by atoms with Crippen LogP contribution in [0, 0.1) is 13.8 Å². The number of aryl methyl sites for hydroxylation is 1. The molecule has 140 valence electrons. The predicted molar refractivity (Wildman–Crippen MR) is 106 cm³/mol. The Bertz CT molecular complexity index is 957. The summed E-state index contributed by atoms with van der Waals surface area (Å²) < 4.78 is 7.32. The zero-order valence-corrected chi connectivity index (χ0v) is 16.5. The van der Waals surface area contributed by atoms with Crippen molar-refractivity contribution in [2.24, 2.45) is 0 Å². The number of benzene rings is 1. The fraction of sp³-hybridized carbons (Fsp3) is 0.286. The van der Waals surface area contributed by atoms with Crippen LogP contribution in [0.3, 0.4) is 0 Å². The van der Waals surface area contributed by atoms with Gasteiger partial charge in [-0.2, -0.15) is 0 Å². The Morgan fingerprint density at radius 3 is 2.63 bits per heavy atom. The van der Waals surface area contributed by atoms with Gasteiger partial charge < -0.3 is 9.30 Å². The molecule has 0 radical (unpaired) electrons. The molecule has 0 N–H and O–H groups in total. The highest BCUT2D eigenvalue weighted by atomic mass is 32.1. The first kappa shape index (κ1) is 19.0. The van der Waals surface area contributed by atoms with Crippen LogP contribution >= 0.6 is 11.3 Å². The first-order valence-electron chi connectivity index (χ1n) is 8.89. The molecule has 0 aliphatic rings. The van der Waals surface area contributed by atoms with Gasteiger partial charge in [-0.15, -0.1) is 11.3 Å². The van der Waals surface area contributed by atoms with Crippen LogP contribution in [-0.2, 0) is 11.3 Å². The van der Waals surface area contributed by atoms with Crippen LogP contribution in [0.25, 0.3) is 10.6 Å². The van der Waals surface area contributed by atoms with E-state index in [0.29, 0.717) is 5.56 Å². The lowest BCUT2D eigenvalue weighted by atomic mass is 10.1. The number of rotatable bonds is 7. The SMILES string of the molecule is CCCn1c(C)cc(C(=O)COC(=O)c2csc(-c3ccccc3)n2)c1C. The van der Waals surface area contributed by atoms with Gasteiger partial charge in [0.15, 0.2) is 12.3 Å². The van der Waals surface area contributed by atoms with Crippen molar-refractivity contribution in [3.63, 3.8) is 0 Å². The molecule has 1 aromatic carbocycles. The monoisotopic (exact) mass is 382 g/mol.